The molecule has 18 heavy (non-hydrogen) atoms. The largest absolute Gasteiger partial charge is 0.396 e. The summed E-state index contributed by atoms with van der Waals surface area (Å²) in [5, 5.41) is 19.5. The van der Waals surface area contributed by atoms with Crippen LogP contribution < -0.4 is 5.32 Å². The molecule has 100 valence electrons. The van der Waals surface area contributed by atoms with E-state index in [4.69, 9.17) is 5.11 Å². The van der Waals surface area contributed by atoms with Crippen molar-refractivity contribution in [3.05, 3.63) is 17.8 Å². The van der Waals surface area contributed by atoms with Gasteiger partial charge in [0.25, 0.3) is 5.91 Å². The van der Waals surface area contributed by atoms with E-state index in [2.05, 4.69) is 15.5 Å². The van der Waals surface area contributed by atoms with Crippen LogP contribution in [0.4, 0.5) is 5.82 Å². The number of anilines is 1. The Balaban J connectivity index is 2.80. The molecule has 1 aromatic heterocycles. The zero-order valence-corrected chi connectivity index (χ0v) is 11.1. The molecule has 0 saturated carbocycles. The molecule has 0 spiro atoms. The lowest BCUT2D eigenvalue weighted by molar-refractivity contribution is 0.0686. The molecule has 6 heteroatoms. The van der Waals surface area contributed by atoms with Gasteiger partial charge in [-0.05, 0) is 32.4 Å². The van der Waals surface area contributed by atoms with Crippen LogP contribution >= 0.6 is 0 Å². The number of amides is 1. The van der Waals surface area contributed by atoms with Crippen molar-refractivity contribution >= 4 is 11.7 Å². The maximum absolute atomic E-state index is 12.2. The van der Waals surface area contributed by atoms with E-state index < -0.39 is 0 Å². The predicted octanol–water partition coefficient (Wildman–Crippen LogP) is 0.751. The minimum Gasteiger partial charge on any atom is -0.396 e. The Morgan fingerprint density at radius 2 is 2.17 bits per heavy atom. The SMILES string of the molecule is CNc1ccc(C(=O)N(CCCO)C(C)C)nn1. The zero-order chi connectivity index (χ0) is 13.5. The summed E-state index contributed by atoms with van der Waals surface area (Å²) in [6.45, 7) is 4.46. The van der Waals surface area contributed by atoms with E-state index in [9.17, 15) is 4.79 Å². The molecule has 0 bridgehead atoms. The first kappa shape index (κ1) is 14.4. The van der Waals surface area contributed by atoms with Gasteiger partial charge in [0.1, 0.15) is 5.82 Å². The second-order valence-corrected chi connectivity index (χ2v) is 4.22. The molecule has 1 rings (SSSR count). The van der Waals surface area contributed by atoms with Crippen molar-refractivity contribution in [2.24, 2.45) is 0 Å². The summed E-state index contributed by atoms with van der Waals surface area (Å²) in [5.74, 6) is 0.464. The van der Waals surface area contributed by atoms with Gasteiger partial charge in [-0.2, -0.15) is 0 Å². The highest BCUT2D eigenvalue weighted by atomic mass is 16.3. The Hall–Kier alpha value is -1.69. The molecule has 0 unspecified atom stereocenters. The average Bonchev–Trinajstić information content (AvgIpc) is 2.38. The molecule has 0 aliphatic heterocycles. The van der Waals surface area contributed by atoms with E-state index in [-0.39, 0.29) is 18.6 Å². The van der Waals surface area contributed by atoms with Crippen molar-refractivity contribution in [1.29, 1.82) is 0 Å². The first-order chi connectivity index (χ1) is 8.60. The third-order valence-electron chi connectivity index (χ3n) is 2.58. The molecule has 1 aromatic rings. The summed E-state index contributed by atoms with van der Waals surface area (Å²) in [6, 6.07) is 3.43. The quantitative estimate of drug-likeness (QED) is 0.781. The Morgan fingerprint density at radius 3 is 2.61 bits per heavy atom. The fourth-order valence-corrected chi connectivity index (χ4v) is 1.56. The fourth-order valence-electron chi connectivity index (χ4n) is 1.56. The number of hydrogen-bond acceptors (Lipinski definition) is 5. The summed E-state index contributed by atoms with van der Waals surface area (Å²) >= 11 is 0. The lowest BCUT2D eigenvalue weighted by Gasteiger charge is -2.25. The van der Waals surface area contributed by atoms with Gasteiger partial charge >= 0.3 is 0 Å². The van der Waals surface area contributed by atoms with Crippen LogP contribution in [0.2, 0.25) is 0 Å². The van der Waals surface area contributed by atoms with Crippen molar-refractivity contribution in [3.8, 4) is 0 Å². The molecular formula is C12H20N4O2. The van der Waals surface area contributed by atoms with Crippen LogP contribution in [0.1, 0.15) is 30.8 Å². The van der Waals surface area contributed by atoms with Crippen molar-refractivity contribution in [3.63, 3.8) is 0 Å². The number of aromatic nitrogens is 2. The van der Waals surface area contributed by atoms with Gasteiger partial charge in [0.05, 0.1) is 0 Å². The maximum atomic E-state index is 12.2. The molecule has 0 atom stereocenters. The Bertz CT molecular complexity index is 378. The number of aliphatic hydroxyl groups is 1. The number of nitrogens with zero attached hydrogens (tertiary/aromatic N) is 3. The standard InChI is InChI=1S/C12H20N4O2/c1-9(2)16(7-4-8-17)12(18)10-5-6-11(13-3)15-14-10/h5-6,9,17H,4,7-8H2,1-3H3,(H,13,15). The number of carbonyl (C=O) groups is 1. The van der Waals surface area contributed by atoms with Gasteiger partial charge in [0, 0.05) is 26.2 Å². The number of rotatable bonds is 6. The number of carbonyl (C=O) groups excluding carboxylic acids is 1. The zero-order valence-electron chi connectivity index (χ0n) is 11.1. The topological polar surface area (TPSA) is 78.4 Å². The molecule has 0 saturated heterocycles. The van der Waals surface area contributed by atoms with E-state index in [1.165, 1.54) is 0 Å². The predicted molar refractivity (Wildman–Crippen MR) is 69.5 cm³/mol. The van der Waals surface area contributed by atoms with Crippen molar-refractivity contribution < 1.29 is 9.90 Å². The molecule has 6 nitrogen and oxygen atoms in total. The van der Waals surface area contributed by atoms with Crippen molar-refractivity contribution in [2.75, 3.05) is 25.5 Å². The third-order valence-corrected chi connectivity index (χ3v) is 2.58. The summed E-state index contributed by atoms with van der Waals surface area (Å²) in [6.07, 6.45) is 0.561. The van der Waals surface area contributed by atoms with Gasteiger partial charge in [0.2, 0.25) is 0 Å². The van der Waals surface area contributed by atoms with Gasteiger partial charge in [-0.25, -0.2) is 0 Å². The number of aliphatic hydroxyl groups excluding tert-OH is 1. The van der Waals surface area contributed by atoms with E-state index in [0.29, 0.717) is 24.5 Å². The van der Waals surface area contributed by atoms with Gasteiger partial charge in [0.15, 0.2) is 5.69 Å². The van der Waals surface area contributed by atoms with Gasteiger partial charge in [-0.3, -0.25) is 4.79 Å². The van der Waals surface area contributed by atoms with E-state index in [1.54, 1.807) is 24.1 Å². The molecule has 0 aliphatic carbocycles. The highest BCUT2D eigenvalue weighted by Gasteiger charge is 2.19. The summed E-state index contributed by atoms with van der Waals surface area (Å²) < 4.78 is 0. The minimum absolute atomic E-state index is 0.0647. The molecule has 1 amide bonds. The fraction of sp³-hybridized carbons (Fsp3) is 0.583. The third kappa shape index (κ3) is 3.66. The summed E-state index contributed by atoms with van der Waals surface area (Å²) in [4.78, 5) is 13.9. The van der Waals surface area contributed by atoms with Crippen LogP contribution in [-0.4, -0.2) is 52.4 Å². The van der Waals surface area contributed by atoms with Crippen LogP contribution in [0.15, 0.2) is 12.1 Å². The van der Waals surface area contributed by atoms with Crippen LogP contribution in [0.3, 0.4) is 0 Å². The highest BCUT2D eigenvalue weighted by molar-refractivity contribution is 5.92. The Kier molecular flexibility index (Phi) is 5.51. The lowest BCUT2D eigenvalue weighted by Crippen LogP contribution is -2.38. The van der Waals surface area contributed by atoms with Gasteiger partial charge < -0.3 is 15.3 Å². The lowest BCUT2D eigenvalue weighted by atomic mass is 10.2. The normalized spacial score (nSPS) is 10.5. The molecular weight excluding hydrogens is 232 g/mol. The molecule has 0 fully saturated rings. The molecule has 1 heterocycles. The summed E-state index contributed by atoms with van der Waals surface area (Å²) in [7, 11) is 1.74. The monoisotopic (exact) mass is 252 g/mol. The second-order valence-electron chi connectivity index (χ2n) is 4.22. The molecule has 0 radical (unpaired) electrons. The van der Waals surface area contributed by atoms with Crippen LogP contribution in [0.5, 0.6) is 0 Å². The van der Waals surface area contributed by atoms with E-state index in [1.807, 2.05) is 13.8 Å². The van der Waals surface area contributed by atoms with Gasteiger partial charge in [-0.15, -0.1) is 10.2 Å². The van der Waals surface area contributed by atoms with Gasteiger partial charge in [-0.1, -0.05) is 0 Å². The summed E-state index contributed by atoms with van der Waals surface area (Å²) in [5.41, 5.74) is 0.320. The minimum atomic E-state index is -0.159. The number of hydrogen-bond donors (Lipinski definition) is 2. The number of nitrogens with one attached hydrogen (secondary N) is 1. The second kappa shape index (κ2) is 6.90. The Labute approximate surface area is 107 Å². The smallest absolute Gasteiger partial charge is 0.274 e. The van der Waals surface area contributed by atoms with E-state index in [0.717, 1.165) is 0 Å². The van der Waals surface area contributed by atoms with E-state index >= 15 is 0 Å². The average molecular weight is 252 g/mol. The van der Waals surface area contributed by atoms with Crippen LogP contribution in [-0.2, 0) is 0 Å². The van der Waals surface area contributed by atoms with Crippen LogP contribution in [0, 0.1) is 0 Å². The van der Waals surface area contributed by atoms with Crippen LogP contribution in [0.25, 0.3) is 0 Å². The maximum Gasteiger partial charge on any atom is 0.274 e. The van der Waals surface area contributed by atoms with Crippen molar-refractivity contribution in [2.45, 2.75) is 26.3 Å². The highest BCUT2D eigenvalue weighted by Crippen LogP contribution is 2.08. The first-order valence-electron chi connectivity index (χ1n) is 6.03. The Morgan fingerprint density at radius 1 is 1.44 bits per heavy atom. The molecule has 0 aromatic carbocycles. The molecule has 0 aliphatic rings. The first-order valence-corrected chi connectivity index (χ1v) is 6.03. The van der Waals surface area contributed by atoms with Crippen molar-refractivity contribution in [1.82, 2.24) is 15.1 Å². The molecule has 2 N–H and O–H groups in total.